The molecule has 0 aliphatic heterocycles. The van der Waals surface area contributed by atoms with Gasteiger partial charge in [-0.15, -0.1) is 5.10 Å². The van der Waals surface area contributed by atoms with Crippen molar-refractivity contribution in [3.05, 3.63) is 53.8 Å². The van der Waals surface area contributed by atoms with Crippen molar-refractivity contribution < 1.29 is 22.7 Å². The molecule has 28 heavy (non-hydrogen) atoms. The SMILES string of the molecule is COc1ccccc1-n1nnnc1SC(C)C(=O)Nc1ccc(F)c(F)c1F. The number of anilines is 1. The van der Waals surface area contributed by atoms with Crippen LogP contribution in [0.3, 0.4) is 0 Å². The van der Waals surface area contributed by atoms with E-state index in [1.165, 1.54) is 11.8 Å². The van der Waals surface area contributed by atoms with Crippen LogP contribution in [-0.2, 0) is 4.79 Å². The minimum atomic E-state index is -1.65. The second kappa shape index (κ2) is 8.30. The molecule has 0 aliphatic carbocycles. The molecule has 3 rings (SSSR count). The first-order chi connectivity index (χ1) is 13.4. The summed E-state index contributed by atoms with van der Waals surface area (Å²) in [6.45, 7) is 1.54. The third-order valence-electron chi connectivity index (χ3n) is 3.70. The molecule has 3 aromatic rings. The van der Waals surface area contributed by atoms with Crippen molar-refractivity contribution in [2.75, 3.05) is 12.4 Å². The highest BCUT2D eigenvalue weighted by molar-refractivity contribution is 8.00. The zero-order chi connectivity index (χ0) is 20.3. The van der Waals surface area contributed by atoms with Gasteiger partial charge < -0.3 is 10.1 Å². The van der Waals surface area contributed by atoms with E-state index in [9.17, 15) is 18.0 Å². The van der Waals surface area contributed by atoms with E-state index in [1.807, 2.05) is 0 Å². The number of thioether (sulfide) groups is 1. The predicted octanol–water partition coefficient (Wildman–Crippen LogP) is 3.21. The predicted molar refractivity (Wildman–Crippen MR) is 96.0 cm³/mol. The van der Waals surface area contributed by atoms with Crippen LogP contribution in [0.2, 0.25) is 0 Å². The van der Waals surface area contributed by atoms with Crippen LogP contribution in [0.1, 0.15) is 6.92 Å². The minimum Gasteiger partial charge on any atom is -0.494 e. The van der Waals surface area contributed by atoms with Crippen LogP contribution in [-0.4, -0.2) is 38.5 Å². The number of carbonyl (C=O) groups is 1. The van der Waals surface area contributed by atoms with Gasteiger partial charge in [0.05, 0.1) is 18.0 Å². The topological polar surface area (TPSA) is 81.9 Å². The van der Waals surface area contributed by atoms with Gasteiger partial charge >= 0.3 is 0 Å². The number of hydrogen-bond acceptors (Lipinski definition) is 6. The first-order valence-electron chi connectivity index (χ1n) is 7.95. The number of hydrogen-bond donors (Lipinski definition) is 1. The van der Waals surface area contributed by atoms with Crippen LogP contribution < -0.4 is 10.1 Å². The quantitative estimate of drug-likeness (QED) is 0.497. The van der Waals surface area contributed by atoms with Crippen LogP contribution in [0.15, 0.2) is 41.6 Å². The lowest BCUT2D eigenvalue weighted by Crippen LogP contribution is -2.23. The lowest BCUT2D eigenvalue weighted by atomic mass is 10.2. The number of rotatable bonds is 6. The fraction of sp³-hybridized carbons (Fsp3) is 0.176. The summed E-state index contributed by atoms with van der Waals surface area (Å²) < 4.78 is 46.7. The molecule has 146 valence electrons. The number of para-hydroxylation sites is 2. The molecule has 0 spiro atoms. The number of amides is 1. The second-order valence-electron chi connectivity index (χ2n) is 5.52. The molecule has 0 aliphatic rings. The lowest BCUT2D eigenvalue weighted by Gasteiger charge is -2.13. The summed E-state index contributed by atoms with van der Waals surface area (Å²) in [6.07, 6.45) is 0. The standard InChI is InChI=1S/C17H14F3N5O2S/c1-9(16(26)21-11-8-7-10(18)14(19)15(11)20)28-17-22-23-24-25(17)12-5-3-4-6-13(12)27-2/h3-9H,1-2H3,(H,21,26). The van der Waals surface area contributed by atoms with E-state index in [1.54, 1.807) is 31.2 Å². The van der Waals surface area contributed by atoms with Gasteiger partial charge in [-0.3, -0.25) is 4.79 Å². The van der Waals surface area contributed by atoms with Crippen molar-refractivity contribution in [1.29, 1.82) is 0 Å². The van der Waals surface area contributed by atoms with Gasteiger partial charge in [-0.1, -0.05) is 23.9 Å². The van der Waals surface area contributed by atoms with Crippen molar-refractivity contribution in [3.63, 3.8) is 0 Å². The highest BCUT2D eigenvalue weighted by Crippen LogP contribution is 2.28. The number of halogens is 3. The molecule has 7 nitrogen and oxygen atoms in total. The monoisotopic (exact) mass is 409 g/mol. The first kappa shape index (κ1) is 19.7. The maximum absolute atomic E-state index is 13.7. The number of benzene rings is 2. The Labute approximate surface area is 161 Å². The zero-order valence-electron chi connectivity index (χ0n) is 14.7. The lowest BCUT2D eigenvalue weighted by molar-refractivity contribution is -0.115. The summed E-state index contributed by atoms with van der Waals surface area (Å²) >= 11 is 1.00. The van der Waals surface area contributed by atoms with Crippen LogP contribution in [0.25, 0.3) is 5.69 Å². The van der Waals surface area contributed by atoms with E-state index in [-0.39, 0.29) is 5.16 Å². The van der Waals surface area contributed by atoms with Crippen molar-refractivity contribution >= 4 is 23.4 Å². The zero-order valence-corrected chi connectivity index (χ0v) is 15.5. The number of methoxy groups -OCH3 is 1. The van der Waals surface area contributed by atoms with Crippen LogP contribution in [0.5, 0.6) is 5.75 Å². The summed E-state index contributed by atoms with van der Waals surface area (Å²) in [4.78, 5) is 12.3. The Morgan fingerprint density at radius 3 is 2.68 bits per heavy atom. The average molecular weight is 409 g/mol. The normalized spacial score (nSPS) is 11.9. The third-order valence-corrected chi connectivity index (χ3v) is 4.73. The third kappa shape index (κ3) is 3.93. The number of nitrogens with zero attached hydrogens (tertiary/aromatic N) is 4. The first-order valence-corrected chi connectivity index (χ1v) is 8.83. The van der Waals surface area contributed by atoms with Crippen LogP contribution in [0.4, 0.5) is 18.9 Å². The molecule has 0 bridgehead atoms. The molecule has 1 atom stereocenters. The minimum absolute atomic E-state index is 0.290. The Hall–Kier alpha value is -3.08. The highest BCUT2D eigenvalue weighted by atomic mass is 32.2. The highest BCUT2D eigenvalue weighted by Gasteiger charge is 2.22. The van der Waals surface area contributed by atoms with Crippen molar-refractivity contribution in [3.8, 4) is 11.4 Å². The molecule has 0 saturated carbocycles. The van der Waals surface area contributed by atoms with E-state index in [2.05, 4.69) is 20.8 Å². The van der Waals surface area contributed by atoms with Gasteiger partial charge in [0.15, 0.2) is 17.5 Å². The Morgan fingerprint density at radius 2 is 1.93 bits per heavy atom. The molecule has 0 radical (unpaired) electrons. The maximum Gasteiger partial charge on any atom is 0.237 e. The summed E-state index contributed by atoms with van der Waals surface area (Å²) in [5, 5.41) is 13.1. The Kier molecular flexibility index (Phi) is 5.83. The van der Waals surface area contributed by atoms with E-state index in [0.29, 0.717) is 11.4 Å². The molecule has 1 N–H and O–H groups in total. The molecule has 1 unspecified atom stereocenters. The van der Waals surface area contributed by atoms with Gasteiger partial charge in [0.1, 0.15) is 11.4 Å². The molecule has 1 amide bonds. The van der Waals surface area contributed by atoms with Gasteiger partial charge in [-0.05, 0) is 41.6 Å². The smallest absolute Gasteiger partial charge is 0.237 e. The Bertz CT molecular complexity index is 1010. The number of carbonyl (C=O) groups excluding carboxylic acids is 1. The van der Waals surface area contributed by atoms with Crippen molar-refractivity contribution in [2.45, 2.75) is 17.3 Å². The summed E-state index contributed by atoms with van der Waals surface area (Å²) in [6, 6.07) is 8.70. The Balaban J connectivity index is 1.77. The van der Waals surface area contributed by atoms with Crippen LogP contribution in [0, 0.1) is 17.5 Å². The number of tetrazole rings is 1. The number of aromatic nitrogens is 4. The molecular formula is C17H14F3N5O2S. The largest absolute Gasteiger partial charge is 0.494 e. The van der Waals surface area contributed by atoms with Gasteiger partial charge in [-0.25, -0.2) is 13.2 Å². The average Bonchev–Trinajstić information content (AvgIpc) is 3.16. The molecule has 1 aromatic heterocycles. The molecule has 11 heteroatoms. The van der Waals surface area contributed by atoms with E-state index >= 15 is 0 Å². The second-order valence-corrected chi connectivity index (χ2v) is 6.83. The summed E-state index contributed by atoms with van der Waals surface area (Å²) in [5.41, 5.74) is 0.109. The van der Waals surface area contributed by atoms with Crippen LogP contribution >= 0.6 is 11.8 Å². The molecule has 1 heterocycles. The van der Waals surface area contributed by atoms with Crippen molar-refractivity contribution in [2.24, 2.45) is 0 Å². The molecule has 0 saturated heterocycles. The van der Waals surface area contributed by atoms with Gasteiger partial charge in [0, 0.05) is 0 Å². The summed E-state index contributed by atoms with van der Waals surface area (Å²) in [5.74, 6) is -4.57. The molecule has 0 fully saturated rings. The summed E-state index contributed by atoms with van der Waals surface area (Å²) in [7, 11) is 1.50. The maximum atomic E-state index is 13.7. The van der Waals surface area contributed by atoms with Gasteiger partial charge in [-0.2, -0.15) is 4.68 Å². The fourth-order valence-corrected chi connectivity index (χ4v) is 3.08. The van der Waals surface area contributed by atoms with E-state index < -0.39 is 34.3 Å². The van der Waals surface area contributed by atoms with Gasteiger partial charge in [0.25, 0.3) is 0 Å². The van der Waals surface area contributed by atoms with Gasteiger partial charge in [0.2, 0.25) is 11.1 Å². The van der Waals surface area contributed by atoms with Crippen molar-refractivity contribution in [1.82, 2.24) is 20.2 Å². The molecular weight excluding hydrogens is 395 g/mol. The van der Waals surface area contributed by atoms with E-state index in [0.717, 1.165) is 23.9 Å². The Morgan fingerprint density at radius 1 is 1.18 bits per heavy atom. The van der Waals surface area contributed by atoms with E-state index in [4.69, 9.17) is 4.74 Å². The fourth-order valence-electron chi connectivity index (χ4n) is 2.28. The number of nitrogens with one attached hydrogen (secondary N) is 1. The number of ether oxygens (including phenoxy) is 1. The molecule has 2 aromatic carbocycles.